The van der Waals surface area contributed by atoms with E-state index in [9.17, 15) is 0 Å². The quantitative estimate of drug-likeness (QED) is 0.157. The zero-order valence-electron chi connectivity index (χ0n) is 35.7. The van der Waals surface area contributed by atoms with Gasteiger partial charge in [0.1, 0.15) is 0 Å². The fourth-order valence-corrected chi connectivity index (χ4v) is 12.3. The molecule has 0 atom stereocenters. The zero-order valence-corrected chi connectivity index (χ0v) is 35.7. The van der Waals surface area contributed by atoms with E-state index in [2.05, 4.69) is 228 Å². The predicted octanol–water partition coefficient (Wildman–Crippen LogP) is 17.5. The fraction of sp³-hybridized carbons (Fsp3) is 0. The van der Waals surface area contributed by atoms with Crippen LogP contribution in [0.3, 0.4) is 0 Å². The van der Waals surface area contributed by atoms with Crippen molar-refractivity contribution >= 4 is 86.7 Å². The van der Waals surface area contributed by atoms with Gasteiger partial charge in [-0.25, -0.2) is 0 Å². The molecule has 0 N–H and O–H groups in total. The van der Waals surface area contributed by atoms with Crippen molar-refractivity contribution in [1.29, 1.82) is 0 Å². The van der Waals surface area contributed by atoms with Crippen molar-refractivity contribution in [2.75, 3.05) is 0 Å². The van der Waals surface area contributed by atoms with Crippen LogP contribution in [-0.4, -0.2) is 9.13 Å². The van der Waals surface area contributed by atoms with E-state index in [-0.39, 0.29) is 0 Å². The van der Waals surface area contributed by atoms with E-state index in [1.54, 1.807) is 0 Å². The molecular formula is C64H36N2. The first-order valence-electron chi connectivity index (χ1n) is 23.0. The van der Waals surface area contributed by atoms with Gasteiger partial charge in [-0.05, 0) is 165 Å². The standard InChI is InChI=1S/C64H36N2/c1-3-13-43-39(11-1)32-57-46-29-26-42(35-54(46)53-20-10-18-51(43)64(53)57)66-59-21-7-5-15-47(59)49-27-23-38(34-62(49)66)37-24-30-61-56(31-37)48-16-6-8-22-60(48)65(61)41-25-28-45-52-19-9-17-50-44-14-4-2-12-40(44)33-58(63(50)52)55(45)36-41/h1-36H. The van der Waals surface area contributed by atoms with E-state index in [1.807, 2.05) is 0 Å². The lowest BCUT2D eigenvalue weighted by Gasteiger charge is -2.12. The van der Waals surface area contributed by atoms with Crippen LogP contribution in [0.2, 0.25) is 0 Å². The minimum absolute atomic E-state index is 1.17. The Hall–Kier alpha value is -8.72. The highest BCUT2D eigenvalue weighted by atomic mass is 15.0. The van der Waals surface area contributed by atoms with Gasteiger partial charge in [-0.2, -0.15) is 0 Å². The highest BCUT2D eigenvalue weighted by molar-refractivity contribution is 6.25. The summed E-state index contributed by atoms with van der Waals surface area (Å²) in [6.07, 6.45) is 0. The Labute approximate surface area is 379 Å². The van der Waals surface area contributed by atoms with Gasteiger partial charge in [0.25, 0.3) is 0 Å². The Morgan fingerprint density at radius 1 is 0.212 bits per heavy atom. The van der Waals surface area contributed by atoms with Crippen molar-refractivity contribution in [3.63, 3.8) is 0 Å². The molecule has 0 saturated carbocycles. The van der Waals surface area contributed by atoms with Crippen LogP contribution in [0.5, 0.6) is 0 Å². The third kappa shape index (κ3) is 4.45. The lowest BCUT2D eigenvalue weighted by molar-refractivity contribution is 1.18. The van der Waals surface area contributed by atoms with Crippen LogP contribution in [-0.2, 0) is 0 Å². The molecule has 0 aliphatic heterocycles. The van der Waals surface area contributed by atoms with Crippen molar-refractivity contribution in [2.24, 2.45) is 0 Å². The second-order valence-electron chi connectivity index (χ2n) is 18.4. The number of aromatic nitrogens is 2. The van der Waals surface area contributed by atoms with Gasteiger partial charge in [0.15, 0.2) is 0 Å². The molecule has 16 rings (SSSR count). The van der Waals surface area contributed by atoms with Crippen LogP contribution < -0.4 is 0 Å². The molecule has 0 saturated heterocycles. The summed E-state index contributed by atoms with van der Waals surface area (Å²) >= 11 is 0. The molecule has 2 aromatic heterocycles. The van der Waals surface area contributed by atoms with E-state index in [0.29, 0.717) is 0 Å². The van der Waals surface area contributed by atoms with Gasteiger partial charge in [-0.15, -0.1) is 0 Å². The third-order valence-corrected chi connectivity index (χ3v) is 15.1. The first-order chi connectivity index (χ1) is 32.7. The van der Waals surface area contributed by atoms with Crippen molar-refractivity contribution < 1.29 is 0 Å². The maximum atomic E-state index is 2.48. The second-order valence-corrected chi connectivity index (χ2v) is 18.4. The van der Waals surface area contributed by atoms with Crippen LogP contribution in [0, 0.1) is 0 Å². The van der Waals surface area contributed by atoms with Crippen molar-refractivity contribution in [3.05, 3.63) is 218 Å². The molecule has 14 aromatic rings. The molecule has 302 valence electrons. The largest absolute Gasteiger partial charge is 0.309 e. The summed E-state index contributed by atoms with van der Waals surface area (Å²) in [5.74, 6) is 0. The number of benzene rings is 12. The van der Waals surface area contributed by atoms with Gasteiger partial charge in [0.2, 0.25) is 0 Å². The van der Waals surface area contributed by atoms with E-state index >= 15 is 0 Å². The molecule has 0 fully saturated rings. The summed E-state index contributed by atoms with van der Waals surface area (Å²) in [7, 11) is 0. The van der Waals surface area contributed by atoms with Crippen LogP contribution in [0.25, 0.3) is 154 Å². The van der Waals surface area contributed by atoms with Gasteiger partial charge >= 0.3 is 0 Å². The topological polar surface area (TPSA) is 9.86 Å². The maximum absolute atomic E-state index is 2.48. The van der Waals surface area contributed by atoms with Crippen molar-refractivity contribution in [3.8, 4) is 67.0 Å². The Balaban J connectivity index is 0.856. The molecular weight excluding hydrogens is 797 g/mol. The smallest absolute Gasteiger partial charge is 0.0547 e. The van der Waals surface area contributed by atoms with Crippen LogP contribution in [0.4, 0.5) is 0 Å². The highest BCUT2D eigenvalue weighted by Gasteiger charge is 2.26. The van der Waals surface area contributed by atoms with Gasteiger partial charge < -0.3 is 9.13 Å². The first-order valence-corrected chi connectivity index (χ1v) is 23.0. The summed E-state index contributed by atoms with van der Waals surface area (Å²) in [6.45, 7) is 0. The van der Waals surface area contributed by atoms with Crippen LogP contribution in [0.1, 0.15) is 0 Å². The van der Waals surface area contributed by atoms with Gasteiger partial charge in [-0.3, -0.25) is 0 Å². The maximum Gasteiger partial charge on any atom is 0.0547 e. The summed E-state index contributed by atoms with van der Waals surface area (Å²) in [4.78, 5) is 0. The molecule has 0 amide bonds. The first kappa shape index (κ1) is 34.7. The lowest BCUT2D eigenvalue weighted by Crippen LogP contribution is -1.95. The minimum Gasteiger partial charge on any atom is -0.309 e. The van der Waals surface area contributed by atoms with E-state index in [0.717, 1.165) is 0 Å². The predicted molar refractivity (Wildman–Crippen MR) is 279 cm³/mol. The highest BCUT2D eigenvalue weighted by Crippen LogP contribution is 2.52. The second kappa shape index (κ2) is 12.5. The summed E-state index contributed by atoms with van der Waals surface area (Å²) in [6, 6.07) is 82.1. The van der Waals surface area contributed by atoms with Crippen LogP contribution in [0.15, 0.2) is 218 Å². The molecule has 0 radical (unpaired) electrons. The molecule has 66 heavy (non-hydrogen) atoms. The lowest BCUT2D eigenvalue weighted by atomic mass is 9.96. The summed E-state index contributed by atoms with van der Waals surface area (Å²) in [5.41, 5.74) is 20.1. The molecule has 2 nitrogen and oxygen atoms in total. The summed E-state index contributed by atoms with van der Waals surface area (Å²) < 4.78 is 4.94. The third-order valence-electron chi connectivity index (χ3n) is 15.1. The molecule has 2 aliphatic rings. The Kier molecular flexibility index (Phi) is 6.58. The zero-order chi connectivity index (χ0) is 42.8. The average Bonchev–Trinajstić information content (AvgIpc) is 4.09. The Morgan fingerprint density at radius 2 is 0.667 bits per heavy atom. The SMILES string of the molecule is c1ccc2c(c1)cc1c3c(cccc32)-c2cc(-n3c4ccccc4c4ccc(-c5ccc6c(c5)c5ccccc5n6-c5ccc6c(c5)-c5cc7ccccc7c7cccc-6c57)cc43)ccc2-1. The minimum atomic E-state index is 1.17. The number of rotatable bonds is 3. The molecule has 12 aromatic carbocycles. The van der Waals surface area contributed by atoms with E-state index < -0.39 is 0 Å². The van der Waals surface area contributed by atoms with Crippen molar-refractivity contribution in [1.82, 2.24) is 9.13 Å². The summed E-state index contributed by atoms with van der Waals surface area (Å²) in [5, 5.41) is 15.6. The molecule has 2 aliphatic carbocycles. The molecule has 2 heteroatoms. The number of fused-ring (bicyclic) bond motifs is 16. The fourth-order valence-electron chi connectivity index (χ4n) is 12.3. The Bertz CT molecular complexity index is 4520. The normalized spacial score (nSPS) is 12.5. The van der Waals surface area contributed by atoms with Crippen molar-refractivity contribution in [2.45, 2.75) is 0 Å². The van der Waals surface area contributed by atoms with Gasteiger partial charge in [-0.1, -0.05) is 152 Å². The molecule has 2 heterocycles. The van der Waals surface area contributed by atoms with Crippen LogP contribution >= 0.6 is 0 Å². The van der Waals surface area contributed by atoms with Gasteiger partial charge in [0.05, 0.1) is 22.1 Å². The van der Waals surface area contributed by atoms with Gasteiger partial charge in [0, 0.05) is 32.9 Å². The Morgan fingerprint density at radius 3 is 1.33 bits per heavy atom. The molecule has 0 spiro atoms. The monoisotopic (exact) mass is 832 g/mol. The van der Waals surface area contributed by atoms with E-state index in [4.69, 9.17) is 0 Å². The molecule has 0 unspecified atom stereocenters. The average molecular weight is 833 g/mol. The van der Waals surface area contributed by atoms with E-state index in [1.165, 1.54) is 154 Å². The number of nitrogens with zero attached hydrogens (tertiary/aromatic N) is 2. The number of para-hydroxylation sites is 2. The number of hydrogen-bond acceptors (Lipinski definition) is 0. The molecule has 0 bridgehead atoms. The number of hydrogen-bond donors (Lipinski definition) is 0.